The molecular weight excluding hydrogens is 430 g/mol. The summed E-state index contributed by atoms with van der Waals surface area (Å²) in [6, 6.07) is 16.4. The maximum Gasteiger partial charge on any atom is 0.256 e. The highest BCUT2D eigenvalue weighted by atomic mass is 16.5. The van der Waals surface area contributed by atoms with Gasteiger partial charge in [0, 0.05) is 44.0 Å². The zero-order valence-corrected chi connectivity index (χ0v) is 19.5. The molecule has 2 aliphatic heterocycles. The number of nitrogens with zero attached hydrogens (tertiary/aromatic N) is 2. The van der Waals surface area contributed by atoms with Gasteiger partial charge in [-0.05, 0) is 37.5 Å². The summed E-state index contributed by atoms with van der Waals surface area (Å²) in [7, 11) is 0. The molecule has 2 aromatic rings. The molecular formula is C27H31N3O4. The third-order valence-electron chi connectivity index (χ3n) is 7.14. The number of nitrogens with one attached hydrogen (secondary N) is 1. The average Bonchev–Trinajstić information content (AvgIpc) is 3.65. The summed E-state index contributed by atoms with van der Waals surface area (Å²) in [6.45, 7) is 3.55. The zero-order chi connectivity index (χ0) is 23.7. The van der Waals surface area contributed by atoms with Gasteiger partial charge in [-0.1, -0.05) is 48.0 Å². The van der Waals surface area contributed by atoms with E-state index in [0.29, 0.717) is 38.0 Å². The summed E-state index contributed by atoms with van der Waals surface area (Å²) in [5, 5.41) is 2.98. The van der Waals surface area contributed by atoms with Crippen molar-refractivity contribution in [3.05, 3.63) is 71.3 Å². The SMILES string of the molecule is Cc1cccc(C(=O)N2C(C(=O)NCc3ccccc3)COC23CCN(C(=O)C2CC2)CC3)c1. The lowest BCUT2D eigenvalue weighted by Crippen LogP contribution is -2.59. The van der Waals surface area contributed by atoms with Crippen molar-refractivity contribution in [3.8, 4) is 0 Å². The van der Waals surface area contributed by atoms with Crippen LogP contribution in [0.1, 0.15) is 47.2 Å². The van der Waals surface area contributed by atoms with Gasteiger partial charge in [0.1, 0.15) is 11.8 Å². The van der Waals surface area contributed by atoms with Crippen molar-refractivity contribution in [2.24, 2.45) is 5.92 Å². The molecule has 7 nitrogen and oxygen atoms in total. The first kappa shape index (κ1) is 22.6. The summed E-state index contributed by atoms with van der Waals surface area (Å²) in [6.07, 6.45) is 2.95. The number of hydrogen-bond donors (Lipinski definition) is 1. The van der Waals surface area contributed by atoms with Gasteiger partial charge in [-0.15, -0.1) is 0 Å². The molecule has 1 atom stereocenters. The highest BCUT2D eigenvalue weighted by Gasteiger charge is 2.54. The fourth-order valence-corrected chi connectivity index (χ4v) is 5.05. The smallest absolute Gasteiger partial charge is 0.256 e. The van der Waals surface area contributed by atoms with E-state index >= 15 is 0 Å². The van der Waals surface area contributed by atoms with Crippen LogP contribution in [-0.2, 0) is 20.9 Å². The van der Waals surface area contributed by atoms with Gasteiger partial charge in [-0.25, -0.2) is 0 Å². The van der Waals surface area contributed by atoms with Gasteiger partial charge in [0.15, 0.2) is 0 Å². The second kappa shape index (κ2) is 9.22. The molecule has 1 unspecified atom stereocenters. The van der Waals surface area contributed by atoms with Crippen molar-refractivity contribution in [2.45, 2.75) is 50.9 Å². The van der Waals surface area contributed by atoms with Gasteiger partial charge in [-0.2, -0.15) is 0 Å². The molecule has 3 aliphatic rings. The molecule has 1 N–H and O–H groups in total. The quantitative estimate of drug-likeness (QED) is 0.743. The van der Waals surface area contributed by atoms with Crippen molar-refractivity contribution in [2.75, 3.05) is 19.7 Å². The maximum atomic E-state index is 13.8. The van der Waals surface area contributed by atoms with Crippen LogP contribution < -0.4 is 5.32 Å². The fraction of sp³-hybridized carbons (Fsp3) is 0.444. The first-order valence-corrected chi connectivity index (χ1v) is 12.1. The zero-order valence-electron chi connectivity index (χ0n) is 19.5. The molecule has 2 heterocycles. The molecule has 7 heteroatoms. The van der Waals surface area contributed by atoms with Crippen LogP contribution in [0.25, 0.3) is 0 Å². The van der Waals surface area contributed by atoms with Crippen molar-refractivity contribution in [3.63, 3.8) is 0 Å². The second-order valence-electron chi connectivity index (χ2n) is 9.62. The Labute approximate surface area is 200 Å². The Bertz CT molecular complexity index is 1070. The molecule has 1 aliphatic carbocycles. The van der Waals surface area contributed by atoms with E-state index in [0.717, 1.165) is 24.0 Å². The molecule has 1 saturated carbocycles. The van der Waals surface area contributed by atoms with E-state index in [-0.39, 0.29) is 30.2 Å². The first-order chi connectivity index (χ1) is 16.5. The number of carbonyl (C=O) groups is 3. The van der Waals surface area contributed by atoms with Crippen molar-refractivity contribution in [1.29, 1.82) is 0 Å². The number of likely N-dealkylation sites (tertiary alicyclic amines) is 1. The number of piperidine rings is 1. The van der Waals surface area contributed by atoms with E-state index in [1.165, 1.54) is 0 Å². The number of ether oxygens (including phenoxy) is 1. The largest absolute Gasteiger partial charge is 0.353 e. The van der Waals surface area contributed by atoms with Crippen LogP contribution in [0.15, 0.2) is 54.6 Å². The van der Waals surface area contributed by atoms with Gasteiger partial charge in [0.2, 0.25) is 11.8 Å². The molecule has 0 radical (unpaired) electrons. The number of rotatable bonds is 5. The normalized spacial score (nSPS) is 21.5. The molecule has 5 rings (SSSR count). The number of amides is 3. The molecule has 2 aromatic carbocycles. The topological polar surface area (TPSA) is 79.0 Å². The second-order valence-corrected chi connectivity index (χ2v) is 9.62. The molecule has 3 fully saturated rings. The minimum absolute atomic E-state index is 0.148. The molecule has 0 bridgehead atoms. The Morgan fingerprint density at radius 3 is 2.44 bits per heavy atom. The predicted molar refractivity (Wildman–Crippen MR) is 127 cm³/mol. The Hall–Kier alpha value is -3.19. The Balaban J connectivity index is 1.37. The van der Waals surface area contributed by atoms with E-state index in [1.54, 1.807) is 11.0 Å². The number of benzene rings is 2. The summed E-state index contributed by atoms with van der Waals surface area (Å²) in [4.78, 5) is 43.2. The predicted octanol–water partition coefficient (Wildman–Crippen LogP) is 2.88. The van der Waals surface area contributed by atoms with Crippen LogP contribution in [0.5, 0.6) is 0 Å². The van der Waals surface area contributed by atoms with Crippen LogP contribution in [0.2, 0.25) is 0 Å². The molecule has 1 spiro atoms. The van der Waals surface area contributed by atoms with Crippen LogP contribution in [0.4, 0.5) is 0 Å². The maximum absolute atomic E-state index is 13.8. The van der Waals surface area contributed by atoms with Gasteiger partial charge in [0.05, 0.1) is 6.61 Å². The summed E-state index contributed by atoms with van der Waals surface area (Å²) in [5.41, 5.74) is 1.64. The summed E-state index contributed by atoms with van der Waals surface area (Å²) in [5.74, 6) is -0.0529. The van der Waals surface area contributed by atoms with Crippen LogP contribution in [0.3, 0.4) is 0 Å². The van der Waals surface area contributed by atoms with Crippen LogP contribution in [0, 0.1) is 12.8 Å². The monoisotopic (exact) mass is 461 g/mol. The molecule has 3 amide bonds. The standard InChI is InChI=1S/C27H31N3O4/c1-19-6-5-9-22(16-19)26(33)30-23(24(31)28-17-20-7-3-2-4-8-20)18-34-27(30)12-14-29(15-13-27)25(32)21-10-11-21/h2-9,16,21,23H,10-15,17-18H2,1H3,(H,28,31). The van der Waals surface area contributed by atoms with E-state index in [4.69, 9.17) is 4.74 Å². The lowest BCUT2D eigenvalue weighted by Gasteiger charge is -2.44. The average molecular weight is 462 g/mol. The van der Waals surface area contributed by atoms with Gasteiger partial charge in [-0.3, -0.25) is 19.3 Å². The fourth-order valence-electron chi connectivity index (χ4n) is 5.05. The van der Waals surface area contributed by atoms with Crippen LogP contribution >= 0.6 is 0 Å². The highest BCUT2D eigenvalue weighted by Crippen LogP contribution is 2.40. The van der Waals surface area contributed by atoms with Crippen molar-refractivity contribution >= 4 is 17.7 Å². The van der Waals surface area contributed by atoms with Gasteiger partial charge >= 0.3 is 0 Å². The number of hydrogen-bond acceptors (Lipinski definition) is 4. The Morgan fingerprint density at radius 1 is 1.03 bits per heavy atom. The molecule has 34 heavy (non-hydrogen) atoms. The third-order valence-corrected chi connectivity index (χ3v) is 7.14. The lowest BCUT2D eigenvalue weighted by molar-refractivity contribution is -0.144. The lowest BCUT2D eigenvalue weighted by atomic mass is 9.96. The Morgan fingerprint density at radius 2 is 1.76 bits per heavy atom. The van der Waals surface area contributed by atoms with Gasteiger partial charge < -0.3 is 15.0 Å². The van der Waals surface area contributed by atoms with E-state index in [9.17, 15) is 14.4 Å². The van der Waals surface area contributed by atoms with Crippen molar-refractivity contribution < 1.29 is 19.1 Å². The molecule has 2 saturated heterocycles. The summed E-state index contributed by atoms with van der Waals surface area (Å²) >= 11 is 0. The van der Waals surface area contributed by atoms with Gasteiger partial charge in [0.25, 0.3) is 5.91 Å². The third kappa shape index (κ3) is 4.44. The van der Waals surface area contributed by atoms with Crippen molar-refractivity contribution in [1.82, 2.24) is 15.1 Å². The van der Waals surface area contributed by atoms with E-state index in [1.807, 2.05) is 60.4 Å². The highest BCUT2D eigenvalue weighted by molar-refractivity contribution is 5.98. The Kier molecular flexibility index (Phi) is 6.13. The first-order valence-electron chi connectivity index (χ1n) is 12.1. The molecule has 178 valence electrons. The number of carbonyl (C=O) groups excluding carboxylic acids is 3. The minimum atomic E-state index is -0.879. The van der Waals surface area contributed by atoms with E-state index in [2.05, 4.69) is 5.32 Å². The van der Waals surface area contributed by atoms with E-state index < -0.39 is 11.8 Å². The molecule has 0 aromatic heterocycles. The minimum Gasteiger partial charge on any atom is -0.353 e. The summed E-state index contributed by atoms with van der Waals surface area (Å²) < 4.78 is 6.26. The number of aryl methyl sites for hydroxylation is 1. The van der Waals surface area contributed by atoms with Crippen LogP contribution in [-0.4, -0.2) is 59.0 Å².